The van der Waals surface area contributed by atoms with E-state index in [4.69, 9.17) is 9.84 Å². The van der Waals surface area contributed by atoms with E-state index in [2.05, 4.69) is 19.2 Å². The van der Waals surface area contributed by atoms with Crippen molar-refractivity contribution < 1.29 is 14.6 Å². The van der Waals surface area contributed by atoms with E-state index >= 15 is 0 Å². The Morgan fingerprint density at radius 1 is 1.50 bits per heavy atom. The molecular weight excluding hydrogens is 206 g/mol. The molecule has 0 bridgehead atoms. The molecule has 16 heavy (non-hydrogen) atoms. The number of hydrogen-bond acceptors (Lipinski definition) is 4. The predicted octanol–water partition coefficient (Wildman–Crippen LogP) is 1.33. The van der Waals surface area contributed by atoms with Crippen LogP contribution in [-0.4, -0.2) is 36.9 Å². The van der Waals surface area contributed by atoms with Gasteiger partial charge in [-0.1, -0.05) is 13.8 Å². The van der Waals surface area contributed by atoms with Crippen LogP contribution in [0.15, 0.2) is 0 Å². The van der Waals surface area contributed by atoms with E-state index < -0.39 is 0 Å². The summed E-state index contributed by atoms with van der Waals surface area (Å²) in [4.78, 5) is 11.2. The molecule has 4 nitrogen and oxygen atoms in total. The lowest BCUT2D eigenvalue weighted by Crippen LogP contribution is -2.37. The van der Waals surface area contributed by atoms with Crippen LogP contribution < -0.4 is 5.32 Å². The zero-order valence-electron chi connectivity index (χ0n) is 10.9. The topological polar surface area (TPSA) is 58.6 Å². The lowest BCUT2D eigenvalue weighted by Gasteiger charge is -2.26. The van der Waals surface area contributed by atoms with Gasteiger partial charge in [0.2, 0.25) is 0 Å². The van der Waals surface area contributed by atoms with Crippen molar-refractivity contribution in [2.45, 2.75) is 46.6 Å². The maximum atomic E-state index is 11.2. The Bertz CT molecular complexity index is 204. The number of aliphatic hydroxyl groups excluding tert-OH is 1. The van der Waals surface area contributed by atoms with Crippen molar-refractivity contribution in [3.8, 4) is 0 Å². The molecule has 0 aliphatic heterocycles. The van der Waals surface area contributed by atoms with Crippen LogP contribution in [0.4, 0.5) is 0 Å². The van der Waals surface area contributed by atoms with Crippen LogP contribution in [0.25, 0.3) is 0 Å². The molecular formula is C12H25NO3. The van der Waals surface area contributed by atoms with Gasteiger partial charge in [0.25, 0.3) is 0 Å². The van der Waals surface area contributed by atoms with Gasteiger partial charge in [-0.15, -0.1) is 0 Å². The second kappa shape index (κ2) is 7.63. The largest absolute Gasteiger partial charge is 0.466 e. The van der Waals surface area contributed by atoms with E-state index in [9.17, 15) is 4.79 Å². The summed E-state index contributed by atoms with van der Waals surface area (Å²) >= 11 is 0. The molecule has 0 saturated carbocycles. The second-order valence-corrected chi connectivity index (χ2v) is 4.93. The zero-order valence-corrected chi connectivity index (χ0v) is 10.9. The van der Waals surface area contributed by atoms with E-state index in [-0.39, 0.29) is 24.0 Å². The maximum absolute atomic E-state index is 11.2. The van der Waals surface area contributed by atoms with Crippen molar-refractivity contribution in [3.63, 3.8) is 0 Å². The number of ether oxygens (including phenoxy) is 1. The second-order valence-electron chi connectivity index (χ2n) is 4.93. The molecule has 0 spiro atoms. The van der Waals surface area contributed by atoms with Gasteiger partial charge in [-0.3, -0.25) is 4.79 Å². The summed E-state index contributed by atoms with van der Waals surface area (Å²) in [5.41, 5.74) is 0.0532. The normalized spacial score (nSPS) is 13.6. The van der Waals surface area contributed by atoms with Crippen LogP contribution in [0.3, 0.4) is 0 Å². The molecule has 4 heteroatoms. The van der Waals surface area contributed by atoms with Crippen molar-refractivity contribution in [2.75, 3.05) is 19.8 Å². The minimum absolute atomic E-state index is 0.0532. The Hall–Kier alpha value is -0.610. The molecule has 0 radical (unpaired) electrons. The molecule has 2 N–H and O–H groups in total. The van der Waals surface area contributed by atoms with E-state index in [1.807, 2.05) is 6.92 Å². The van der Waals surface area contributed by atoms with Gasteiger partial charge in [0.1, 0.15) is 0 Å². The van der Waals surface area contributed by atoms with Crippen molar-refractivity contribution in [1.82, 2.24) is 5.32 Å². The lowest BCUT2D eigenvalue weighted by molar-refractivity contribution is -0.143. The quantitative estimate of drug-likeness (QED) is 0.619. The molecule has 0 aromatic heterocycles. The summed E-state index contributed by atoms with van der Waals surface area (Å²) in [6, 6.07) is 0.108. The summed E-state index contributed by atoms with van der Waals surface area (Å²) in [6.07, 6.45) is 1.15. The number of hydrogen-bond donors (Lipinski definition) is 2. The summed E-state index contributed by atoms with van der Waals surface area (Å²) in [5, 5.41) is 12.2. The van der Waals surface area contributed by atoms with Crippen molar-refractivity contribution in [1.29, 1.82) is 0 Å². The minimum Gasteiger partial charge on any atom is -0.466 e. The number of rotatable bonds is 8. The summed E-state index contributed by atoms with van der Waals surface area (Å²) in [6.45, 7) is 9.36. The van der Waals surface area contributed by atoms with Crippen LogP contribution in [0.2, 0.25) is 0 Å². The first-order chi connectivity index (χ1) is 7.41. The summed E-state index contributed by atoms with van der Waals surface area (Å²) < 4.78 is 4.87. The first kappa shape index (κ1) is 15.4. The highest BCUT2D eigenvalue weighted by Gasteiger charge is 2.18. The Morgan fingerprint density at radius 3 is 2.62 bits per heavy atom. The number of nitrogens with one attached hydrogen (secondary N) is 1. The van der Waals surface area contributed by atoms with Gasteiger partial charge in [-0.2, -0.15) is 0 Å². The fourth-order valence-corrected chi connectivity index (χ4v) is 1.38. The Balaban J connectivity index is 3.79. The molecule has 1 atom stereocenters. The third kappa shape index (κ3) is 7.65. The van der Waals surface area contributed by atoms with E-state index in [1.165, 1.54) is 0 Å². The van der Waals surface area contributed by atoms with Gasteiger partial charge in [-0.05, 0) is 25.7 Å². The Kier molecular flexibility index (Phi) is 7.34. The molecule has 0 aliphatic carbocycles. The molecule has 0 fully saturated rings. The summed E-state index contributed by atoms with van der Waals surface area (Å²) in [5.74, 6) is -0.164. The molecule has 0 rings (SSSR count). The fraction of sp³-hybridized carbons (Fsp3) is 0.917. The number of carbonyl (C=O) groups is 1. The third-order valence-corrected chi connectivity index (χ3v) is 2.50. The first-order valence-corrected chi connectivity index (χ1v) is 5.91. The number of carbonyl (C=O) groups excluding carboxylic acids is 1. The predicted molar refractivity (Wildman–Crippen MR) is 64.2 cm³/mol. The van der Waals surface area contributed by atoms with Crippen LogP contribution in [0, 0.1) is 5.41 Å². The number of aliphatic hydroxyl groups is 1. The highest BCUT2D eigenvalue weighted by atomic mass is 16.5. The highest BCUT2D eigenvalue weighted by molar-refractivity contribution is 5.69. The summed E-state index contributed by atoms with van der Waals surface area (Å²) in [7, 11) is 0. The van der Waals surface area contributed by atoms with E-state index in [1.54, 1.807) is 6.92 Å². The molecule has 96 valence electrons. The fourth-order valence-electron chi connectivity index (χ4n) is 1.38. The Morgan fingerprint density at radius 2 is 2.12 bits per heavy atom. The van der Waals surface area contributed by atoms with E-state index in [0.29, 0.717) is 13.0 Å². The standard InChI is InChI=1S/C12H25NO3/c1-5-16-11(15)8-10(2)13-9-12(3,4)6-7-14/h10,13-14H,5-9H2,1-4H3. The van der Waals surface area contributed by atoms with Crippen LogP contribution in [0.1, 0.15) is 40.5 Å². The van der Waals surface area contributed by atoms with Crippen LogP contribution in [-0.2, 0) is 9.53 Å². The third-order valence-electron chi connectivity index (χ3n) is 2.50. The average molecular weight is 231 g/mol. The number of esters is 1. The first-order valence-electron chi connectivity index (χ1n) is 5.91. The maximum Gasteiger partial charge on any atom is 0.307 e. The van der Waals surface area contributed by atoms with Gasteiger partial charge < -0.3 is 15.2 Å². The van der Waals surface area contributed by atoms with Gasteiger partial charge in [0, 0.05) is 19.2 Å². The van der Waals surface area contributed by atoms with Crippen molar-refractivity contribution in [3.05, 3.63) is 0 Å². The minimum atomic E-state index is -0.164. The average Bonchev–Trinajstić information content (AvgIpc) is 2.15. The van der Waals surface area contributed by atoms with Gasteiger partial charge in [0.05, 0.1) is 13.0 Å². The SMILES string of the molecule is CCOC(=O)CC(C)NCC(C)(C)CCO. The van der Waals surface area contributed by atoms with Crippen LogP contribution >= 0.6 is 0 Å². The molecule has 0 aromatic carbocycles. The zero-order chi connectivity index (χ0) is 12.6. The smallest absolute Gasteiger partial charge is 0.307 e. The monoisotopic (exact) mass is 231 g/mol. The Labute approximate surface area is 98.4 Å². The molecule has 0 saturated heterocycles. The highest BCUT2D eigenvalue weighted by Crippen LogP contribution is 2.18. The van der Waals surface area contributed by atoms with Gasteiger partial charge >= 0.3 is 5.97 Å². The van der Waals surface area contributed by atoms with E-state index in [0.717, 1.165) is 13.0 Å². The molecule has 0 amide bonds. The van der Waals surface area contributed by atoms with Crippen molar-refractivity contribution >= 4 is 5.97 Å². The van der Waals surface area contributed by atoms with Gasteiger partial charge in [-0.25, -0.2) is 0 Å². The molecule has 0 heterocycles. The van der Waals surface area contributed by atoms with Gasteiger partial charge in [0.15, 0.2) is 0 Å². The van der Waals surface area contributed by atoms with Crippen LogP contribution in [0.5, 0.6) is 0 Å². The van der Waals surface area contributed by atoms with Crippen molar-refractivity contribution in [2.24, 2.45) is 5.41 Å². The lowest BCUT2D eigenvalue weighted by atomic mass is 9.89. The molecule has 0 aliphatic rings. The molecule has 1 unspecified atom stereocenters. The molecule has 0 aromatic rings.